The molecule has 2 rings (SSSR count). The van der Waals surface area contributed by atoms with Gasteiger partial charge >= 0.3 is 0 Å². The highest BCUT2D eigenvalue weighted by Crippen LogP contribution is 2.31. The molecule has 0 N–H and O–H groups in total. The summed E-state index contributed by atoms with van der Waals surface area (Å²) in [6.07, 6.45) is 2.09. The molecule has 0 spiro atoms. The quantitative estimate of drug-likeness (QED) is 0.692. The highest BCUT2D eigenvalue weighted by atomic mass is 32.2. The molecule has 2 aromatic rings. The molecule has 14 heavy (non-hydrogen) atoms. The first kappa shape index (κ1) is 9.41. The van der Waals surface area contributed by atoms with E-state index in [2.05, 4.69) is 30.5 Å². The van der Waals surface area contributed by atoms with E-state index < -0.39 is 0 Å². The maximum absolute atomic E-state index is 5.32. The van der Waals surface area contributed by atoms with Gasteiger partial charge in [0, 0.05) is 10.3 Å². The van der Waals surface area contributed by atoms with Crippen LogP contribution in [0.2, 0.25) is 0 Å². The van der Waals surface area contributed by atoms with Crippen LogP contribution >= 0.6 is 11.8 Å². The van der Waals surface area contributed by atoms with Gasteiger partial charge in [0.1, 0.15) is 5.75 Å². The van der Waals surface area contributed by atoms with Gasteiger partial charge in [-0.15, -0.1) is 11.8 Å². The molecule has 0 unspecified atom stereocenters. The van der Waals surface area contributed by atoms with Gasteiger partial charge in [0.25, 0.3) is 0 Å². The van der Waals surface area contributed by atoms with Crippen LogP contribution in [0.3, 0.4) is 0 Å². The fourth-order valence-corrected chi connectivity index (χ4v) is 2.22. The van der Waals surface area contributed by atoms with E-state index in [9.17, 15) is 0 Å². The van der Waals surface area contributed by atoms with E-state index in [-0.39, 0.29) is 0 Å². The largest absolute Gasteiger partial charge is 0.496 e. The van der Waals surface area contributed by atoms with Crippen molar-refractivity contribution in [1.82, 2.24) is 0 Å². The van der Waals surface area contributed by atoms with Crippen molar-refractivity contribution in [2.75, 3.05) is 13.4 Å². The van der Waals surface area contributed by atoms with E-state index in [1.807, 2.05) is 12.1 Å². The summed E-state index contributed by atoms with van der Waals surface area (Å²) in [7, 11) is 1.71. The Morgan fingerprint density at radius 3 is 2.43 bits per heavy atom. The Morgan fingerprint density at radius 1 is 1.00 bits per heavy atom. The highest BCUT2D eigenvalue weighted by molar-refractivity contribution is 7.98. The molecular formula is C12H12OS. The number of rotatable bonds is 2. The average Bonchev–Trinajstić information content (AvgIpc) is 2.27. The van der Waals surface area contributed by atoms with Crippen LogP contribution in [-0.4, -0.2) is 13.4 Å². The molecule has 0 radical (unpaired) electrons. The van der Waals surface area contributed by atoms with Crippen molar-refractivity contribution in [3.63, 3.8) is 0 Å². The van der Waals surface area contributed by atoms with Crippen molar-refractivity contribution < 1.29 is 4.74 Å². The normalized spacial score (nSPS) is 10.4. The SMILES string of the molecule is COc1cccc2c(SC)cccc12. The second-order valence-electron chi connectivity index (χ2n) is 3.02. The molecule has 72 valence electrons. The van der Waals surface area contributed by atoms with Crippen molar-refractivity contribution in [3.05, 3.63) is 36.4 Å². The molecule has 0 fully saturated rings. The Kier molecular flexibility index (Phi) is 2.64. The van der Waals surface area contributed by atoms with E-state index in [0.717, 1.165) is 5.75 Å². The smallest absolute Gasteiger partial charge is 0.126 e. The van der Waals surface area contributed by atoms with Crippen molar-refractivity contribution in [2.45, 2.75) is 4.90 Å². The van der Waals surface area contributed by atoms with Gasteiger partial charge < -0.3 is 4.74 Å². The minimum absolute atomic E-state index is 0.943. The first-order chi connectivity index (χ1) is 6.86. The number of fused-ring (bicyclic) bond motifs is 1. The fourth-order valence-electron chi connectivity index (χ4n) is 1.61. The van der Waals surface area contributed by atoms with Crippen LogP contribution in [0.1, 0.15) is 0 Å². The Hall–Kier alpha value is -1.15. The summed E-state index contributed by atoms with van der Waals surface area (Å²) in [4.78, 5) is 1.29. The van der Waals surface area contributed by atoms with Crippen molar-refractivity contribution in [3.8, 4) is 5.75 Å². The molecule has 0 amide bonds. The lowest BCUT2D eigenvalue weighted by Crippen LogP contribution is -1.85. The van der Waals surface area contributed by atoms with Crippen molar-refractivity contribution >= 4 is 22.5 Å². The topological polar surface area (TPSA) is 9.23 Å². The zero-order chi connectivity index (χ0) is 9.97. The van der Waals surface area contributed by atoms with E-state index >= 15 is 0 Å². The molecule has 0 aliphatic heterocycles. The van der Waals surface area contributed by atoms with Gasteiger partial charge in [-0.25, -0.2) is 0 Å². The van der Waals surface area contributed by atoms with E-state index in [1.165, 1.54) is 15.7 Å². The predicted molar refractivity (Wildman–Crippen MR) is 62.3 cm³/mol. The standard InChI is InChI=1S/C12H12OS/c1-13-11-7-3-6-10-9(11)5-4-8-12(10)14-2/h3-8H,1-2H3. The summed E-state index contributed by atoms with van der Waals surface area (Å²) >= 11 is 1.76. The minimum Gasteiger partial charge on any atom is -0.496 e. The maximum Gasteiger partial charge on any atom is 0.126 e. The van der Waals surface area contributed by atoms with E-state index in [0.29, 0.717) is 0 Å². The molecule has 0 saturated carbocycles. The number of thioether (sulfide) groups is 1. The van der Waals surface area contributed by atoms with Crippen LogP contribution in [0.15, 0.2) is 41.3 Å². The number of hydrogen-bond acceptors (Lipinski definition) is 2. The van der Waals surface area contributed by atoms with Crippen molar-refractivity contribution in [1.29, 1.82) is 0 Å². The summed E-state index contributed by atoms with van der Waals surface area (Å²) in [5.74, 6) is 0.943. The molecule has 0 aromatic heterocycles. The Labute approximate surface area is 88.1 Å². The van der Waals surface area contributed by atoms with Gasteiger partial charge in [0.2, 0.25) is 0 Å². The van der Waals surface area contributed by atoms with Crippen LogP contribution in [0, 0.1) is 0 Å². The molecule has 0 aliphatic rings. The highest BCUT2D eigenvalue weighted by Gasteiger charge is 2.03. The number of hydrogen-bond donors (Lipinski definition) is 0. The monoisotopic (exact) mass is 204 g/mol. The second kappa shape index (κ2) is 3.93. The summed E-state index contributed by atoms with van der Waals surface area (Å²) in [5.41, 5.74) is 0. The summed E-state index contributed by atoms with van der Waals surface area (Å²) < 4.78 is 5.32. The lowest BCUT2D eigenvalue weighted by molar-refractivity contribution is 0.420. The molecule has 2 aromatic carbocycles. The molecular weight excluding hydrogens is 192 g/mol. The third-order valence-corrected chi connectivity index (χ3v) is 3.08. The summed E-state index contributed by atoms with van der Waals surface area (Å²) in [5, 5.41) is 2.45. The Balaban J connectivity index is 2.77. The van der Waals surface area contributed by atoms with E-state index in [4.69, 9.17) is 4.74 Å². The van der Waals surface area contributed by atoms with Gasteiger partial charge in [-0.1, -0.05) is 24.3 Å². The molecule has 0 saturated heterocycles. The molecule has 0 bridgehead atoms. The van der Waals surface area contributed by atoms with Gasteiger partial charge in [0.05, 0.1) is 7.11 Å². The third-order valence-electron chi connectivity index (χ3n) is 2.28. The molecule has 1 nitrogen and oxygen atoms in total. The number of ether oxygens (including phenoxy) is 1. The third kappa shape index (κ3) is 1.46. The fraction of sp³-hybridized carbons (Fsp3) is 0.167. The molecule has 0 aliphatic carbocycles. The van der Waals surface area contributed by atoms with Crippen LogP contribution in [-0.2, 0) is 0 Å². The van der Waals surface area contributed by atoms with Gasteiger partial charge in [-0.05, 0) is 23.8 Å². The summed E-state index contributed by atoms with van der Waals surface area (Å²) in [6, 6.07) is 12.4. The Morgan fingerprint density at radius 2 is 1.71 bits per heavy atom. The van der Waals surface area contributed by atoms with E-state index in [1.54, 1.807) is 18.9 Å². The lowest BCUT2D eigenvalue weighted by atomic mass is 10.1. The summed E-state index contributed by atoms with van der Waals surface area (Å²) in [6.45, 7) is 0. The predicted octanol–water partition coefficient (Wildman–Crippen LogP) is 3.57. The first-order valence-corrected chi connectivity index (χ1v) is 5.69. The van der Waals surface area contributed by atoms with Crippen LogP contribution in [0.4, 0.5) is 0 Å². The molecule has 2 heteroatoms. The van der Waals surface area contributed by atoms with Gasteiger partial charge in [-0.3, -0.25) is 0 Å². The van der Waals surface area contributed by atoms with Crippen molar-refractivity contribution in [2.24, 2.45) is 0 Å². The van der Waals surface area contributed by atoms with Crippen LogP contribution in [0.5, 0.6) is 5.75 Å². The van der Waals surface area contributed by atoms with Crippen LogP contribution < -0.4 is 4.74 Å². The average molecular weight is 204 g/mol. The first-order valence-electron chi connectivity index (χ1n) is 4.46. The zero-order valence-corrected chi connectivity index (χ0v) is 9.10. The second-order valence-corrected chi connectivity index (χ2v) is 3.86. The van der Waals surface area contributed by atoms with Gasteiger partial charge in [-0.2, -0.15) is 0 Å². The maximum atomic E-state index is 5.32. The number of benzene rings is 2. The number of methoxy groups -OCH3 is 1. The van der Waals surface area contributed by atoms with Gasteiger partial charge in [0.15, 0.2) is 0 Å². The Bertz CT molecular complexity index is 408. The zero-order valence-electron chi connectivity index (χ0n) is 8.28. The van der Waals surface area contributed by atoms with Crippen LogP contribution in [0.25, 0.3) is 10.8 Å². The lowest BCUT2D eigenvalue weighted by Gasteiger charge is -2.07. The minimum atomic E-state index is 0.943. The molecule has 0 heterocycles. The molecule has 0 atom stereocenters.